The van der Waals surface area contributed by atoms with Crippen molar-refractivity contribution < 1.29 is 5.11 Å². The van der Waals surface area contributed by atoms with E-state index in [2.05, 4.69) is 0 Å². The first-order valence-corrected chi connectivity index (χ1v) is 6.59. The van der Waals surface area contributed by atoms with Crippen LogP contribution in [0.5, 0.6) is 0 Å². The highest BCUT2D eigenvalue weighted by atomic mass is 35.5. The minimum Gasteiger partial charge on any atom is -0.392 e. The first-order valence-electron chi connectivity index (χ1n) is 5.02. The lowest BCUT2D eigenvalue weighted by atomic mass is 10.2. The summed E-state index contributed by atoms with van der Waals surface area (Å²) < 4.78 is 0. The normalized spacial score (nSPS) is 10.5. The van der Waals surface area contributed by atoms with Crippen molar-refractivity contribution in [2.45, 2.75) is 16.4 Å². The summed E-state index contributed by atoms with van der Waals surface area (Å²) in [6, 6.07) is 13.1. The molecule has 0 fully saturated rings. The highest BCUT2D eigenvalue weighted by Crippen LogP contribution is 2.37. The molecule has 2 rings (SSSR count). The zero-order chi connectivity index (χ0) is 12.3. The monoisotopic (exact) mass is 284 g/mol. The third kappa shape index (κ3) is 3.17. The summed E-state index contributed by atoms with van der Waals surface area (Å²) in [4.78, 5) is 1.89. The molecule has 1 N–H and O–H groups in total. The molecule has 0 aliphatic rings. The molecule has 88 valence electrons. The van der Waals surface area contributed by atoms with E-state index in [1.54, 1.807) is 6.07 Å². The van der Waals surface area contributed by atoms with E-state index in [0.29, 0.717) is 10.0 Å². The Labute approximate surface area is 114 Å². The van der Waals surface area contributed by atoms with Crippen LogP contribution < -0.4 is 0 Å². The fourth-order valence-corrected chi connectivity index (χ4v) is 2.78. The van der Waals surface area contributed by atoms with Gasteiger partial charge < -0.3 is 5.11 Å². The zero-order valence-corrected chi connectivity index (χ0v) is 11.2. The highest BCUT2D eigenvalue weighted by Gasteiger charge is 2.06. The van der Waals surface area contributed by atoms with Crippen LogP contribution in [-0.4, -0.2) is 5.11 Å². The second-order valence-electron chi connectivity index (χ2n) is 3.46. The Bertz CT molecular complexity index is 529. The molecule has 0 aromatic heterocycles. The maximum atomic E-state index is 9.00. The van der Waals surface area contributed by atoms with Gasteiger partial charge in [0.25, 0.3) is 0 Å². The van der Waals surface area contributed by atoms with Crippen molar-refractivity contribution in [3.8, 4) is 0 Å². The van der Waals surface area contributed by atoms with E-state index >= 15 is 0 Å². The van der Waals surface area contributed by atoms with Crippen molar-refractivity contribution in [1.82, 2.24) is 0 Å². The maximum Gasteiger partial charge on any atom is 0.0682 e. The summed E-state index contributed by atoms with van der Waals surface area (Å²) in [5, 5.41) is 10.3. The molecule has 1 nitrogen and oxygen atoms in total. The minimum absolute atomic E-state index is 0.00321. The Morgan fingerprint density at radius 1 is 0.941 bits per heavy atom. The van der Waals surface area contributed by atoms with Crippen molar-refractivity contribution in [1.29, 1.82) is 0 Å². The lowest BCUT2D eigenvalue weighted by Gasteiger charge is -2.07. The summed E-state index contributed by atoms with van der Waals surface area (Å²) in [5.74, 6) is 0. The smallest absolute Gasteiger partial charge is 0.0682 e. The molecule has 2 aromatic carbocycles. The summed E-state index contributed by atoms with van der Waals surface area (Å²) >= 11 is 13.7. The van der Waals surface area contributed by atoms with Gasteiger partial charge in [0.1, 0.15) is 0 Å². The second kappa shape index (κ2) is 5.78. The van der Waals surface area contributed by atoms with E-state index in [4.69, 9.17) is 28.3 Å². The Hall–Kier alpha value is -0.670. The molecule has 4 heteroatoms. The minimum atomic E-state index is -0.00321. The molecule has 0 spiro atoms. The molecule has 0 saturated heterocycles. The molecular weight excluding hydrogens is 275 g/mol. The third-order valence-corrected chi connectivity index (χ3v) is 4.25. The summed E-state index contributed by atoms with van der Waals surface area (Å²) in [6.07, 6.45) is 0. The molecule has 17 heavy (non-hydrogen) atoms. The lowest BCUT2D eigenvalue weighted by molar-refractivity contribution is 0.282. The Balaban J connectivity index is 2.28. The Morgan fingerprint density at radius 3 is 2.29 bits per heavy atom. The standard InChI is InChI=1S/C13H10Cl2OS/c14-10-3-1-2-4-12(10)17-13-6-5-9(8-16)7-11(13)15/h1-7,16H,8H2. The first kappa shape index (κ1) is 12.8. The molecule has 0 radical (unpaired) electrons. The van der Waals surface area contributed by atoms with Crippen molar-refractivity contribution in [2.24, 2.45) is 0 Å². The van der Waals surface area contributed by atoms with Crippen molar-refractivity contribution in [2.75, 3.05) is 0 Å². The molecule has 0 amide bonds. The quantitative estimate of drug-likeness (QED) is 0.886. The van der Waals surface area contributed by atoms with Gasteiger partial charge in [0.05, 0.1) is 16.7 Å². The zero-order valence-electron chi connectivity index (χ0n) is 8.86. The SMILES string of the molecule is OCc1ccc(Sc2ccccc2Cl)c(Cl)c1. The van der Waals surface area contributed by atoms with Crippen LogP contribution in [-0.2, 0) is 6.61 Å². The van der Waals surface area contributed by atoms with E-state index in [0.717, 1.165) is 15.4 Å². The third-order valence-electron chi connectivity index (χ3n) is 2.24. The van der Waals surface area contributed by atoms with Gasteiger partial charge >= 0.3 is 0 Å². The Kier molecular flexibility index (Phi) is 4.35. The van der Waals surface area contributed by atoms with E-state index < -0.39 is 0 Å². The fourth-order valence-electron chi connectivity index (χ4n) is 1.37. The van der Waals surface area contributed by atoms with Gasteiger partial charge in [-0.25, -0.2) is 0 Å². The van der Waals surface area contributed by atoms with E-state index in [1.807, 2.05) is 36.4 Å². The molecule has 0 atom stereocenters. The van der Waals surface area contributed by atoms with Gasteiger partial charge in [-0.05, 0) is 29.8 Å². The average Bonchev–Trinajstić information content (AvgIpc) is 2.34. The van der Waals surface area contributed by atoms with Crippen LogP contribution in [0.4, 0.5) is 0 Å². The first-order chi connectivity index (χ1) is 8.20. The topological polar surface area (TPSA) is 20.2 Å². The molecule has 0 saturated carbocycles. The van der Waals surface area contributed by atoms with Crippen molar-refractivity contribution >= 4 is 35.0 Å². The molecule has 0 aliphatic heterocycles. The van der Waals surface area contributed by atoms with Crippen LogP contribution >= 0.6 is 35.0 Å². The second-order valence-corrected chi connectivity index (χ2v) is 5.35. The van der Waals surface area contributed by atoms with Gasteiger partial charge in [0.15, 0.2) is 0 Å². The number of hydrogen-bond donors (Lipinski definition) is 1. The maximum absolute atomic E-state index is 9.00. The van der Waals surface area contributed by atoms with Gasteiger partial charge in [0.2, 0.25) is 0 Å². The van der Waals surface area contributed by atoms with Crippen LogP contribution in [0.3, 0.4) is 0 Å². The largest absolute Gasteiger partial charge is 0.392 e. The van der Waals surface area contributed by atoms with Crippen LogP contribution in [0, 0.1) is 0 Å². The highest BCUT2D eigenvalue weighted by molar-refractivity contribution is 7.99. The molecule has 0 heterocycles. The van der Waals surface area contributed by atoms with Gasteiger partial charge in [0, 0.05) is 9.79 Å². The van der Waals surface area contributed by atoms with Gasteiger partial charge in [-0.15, -0.1) is 0 Å². The van der Waals surface area contributed by atoms with Crippen LogP contribution in [0.2, 0.25) is 10.0 Å². The molecule has 2 aromatic rings. The number of rotatable bonds is 3. The molecule has 0 bridgehead atoms. The molecular formula is C13H10Cl2OS. The average molecular weight is 285 g/mol. The van der Waals surface area contributed by atoms with E-state index in [-0.39, 0.29) is 6.61 Å². The van der Waals surface area contributed by atoms with E-state index in [9.17, 15) is 0 Å². The number of hydrogen-bond acceptors (Lipinski definition) is 2. The number of halogens is 2. The van der Waals surface area contributed by atoms with Crippen LogP contribution in [0.1, 0.15) is 5.56 Å². The van der Waals surface area contributed by atoms with E-state index in [1.165, 1.54) is 11.8 Å². The van der Waals surface area contributed by atoms with Crippen molar-refractivity contribution in [3.05, 3.63) is 58.1 Å². The summed E-state index contributed by atoms with van der Waals surface area (Å²) in [6.45, 7) is -0.00321. The van der Waals surface area contributed by atoms with Gasteiger partial charge in [-0.1, -0.05) is 53.2 Å². The predicted octanol–water partition coefficient (Wildman–Crippen LogP) is 4.64. The van der Waals surface area contributed by atoms with Crippen LogP contribution in [0.15, 0.2) is 52.3 Å². The lowest BCUT2D eigenvalue weighted by Crippen LogP contribution is -1.84. The molecule has 0 aliphatic carbocycles. The number of aliphatic hydroxyl groups excluding tert-OH is 1. The van der Waals surface area contributed by atoms with Gasteiger partial charge in [-0.3, -0.25) is 0 Å². The molecule has 0 unspecified atom stereocenters. The fraction of sp³-hybridized carbons (Fsp3) is 0.0769. The number of benzene rings is 2. The van der Waals surface area contributed by atoms with Crippen LogP contribution in [0.25, 0.3) is 0 Å². The predicted molar refractivity (Wildman–Crippen MR) is 72.9 cm³/mol. The summed E-state index contributed by atoms with van der Waals surface area (Å²) in [7, 11) is 0. The Morgan fingerprint density at radius 2 is 1.65 bits per heavy atom. The van der Waals surface area contributed by atoms with Crippen molar-refractivity contribution in [3.63, 3.8) is 0 Å². The summed E-state index contributed by atoms with van der Waals surface area (Å²) in [5.41, 5.74) is 0.804. The van der Waals surface area contributed by atoms with Gasteiger partial charge in [-0.2, -0.15) is 0 Å². The number of aliphatic hydroxyl groups is 1.